The molecule has 0 radical (unpaired) electrons. The summed E-state index contributed by atoms with van der Waals surface area (Å²) in [4.78, 5) is 16.4. The number of amides is 1. The van der Waals surface area contributed by atoms with E-state index in [9.17, 15) is 4.79 Å². The molecule has 0 bridgehead atoms. The Morgan fingerprint density at radius 1 is 1.09 bits per heavy atom. The smallest absolute Gasteiger partial charge is 0.253 e. The van der Waals surface area contributed by atoms with Crippen LogP contribution in [0.5, 0.6) is 0 Å². The van der Waals surface area contributed by atoms with Crippen LogP contribution in [-0.4, -0.2) is 16.9 Å². The number of carbonyl (C=O) groups is 1. The lowest BCUT2D eigenvalue weighted by molar-refractivity contribution is 0.0937. The van der Waals surface area contributed by atoms with Gasteiger partial charge >= 0.3 is 0 Å². The lowest BCUT2D eigenvalue weighted by Crippen LogP contribution is -2.32. The highest BCUT2D eigenvalue weighted by molar-refractivity contribution is 5.95. The average Bonchev–Trinajstić information content (AvgIpc) is 3.03. The molecule has 1 aliphatic rings. The SMILES string of the molecule is Cc1ccc(Nc2cncc(C(=O)NC3CCCC3)c2)cc1. The first-order valence-corrected chi connectivity index (χ1v) is 7.80. The monoisotopic (exact) mass is 295 g/mol. The van der Waals surface area contributed by atoms with Crippen molar-refractivity contribution in [1.29, 1.82) is 0 Å². The highest BCUT2D eigenvalue weighted by Gasteiger charge is 2.18. The Balaban J connectivity index is 1.68. The zero-order chi connectivity index (χ0) is 15.4. The molecule has 1 amide bonds. The topological polar surface area (TPSA) is 54.0 Å². The fraction of sp³-hybridized carbons (Fsp3) is 0.333. The molecule has 1 aromatic heterocycles. The van der Waals surface area contributed by atoms with Crippen LogP contribution in [0.3, 0.4) is 0 Å². The minimum atomic E-state index is -0.0352. The number of carbonyl (C=O) groups excluding carboxylic acids is 1. The first kappa shape index (κ1) is 14.6. The van der Waals surface area contributed by atoms with Gasteiger partial charge in [-0.25, -0.2) is 0 Å². The highest BCUT2D eigenvalue weighted by atomic mass is 16.1. The Bertz CT molecular complexity index is 646. The van der Waals surface area contributed by atoms with Crippen molar-refractivity contribution in [3.05, 3.63) is 53.9 Å². The minimum Gasteiger partial charge on any atom is -0.354 e. The Labute approximate surface area is 131 Å². The van der Waals surface area contributed by atoms with Gasteiger partial charge in [0.1, 0.15) is 0 Å². The molecule has 0 spiro atoms. The van der Waals surface area contributed by atoms with Crippen LogP contribution in [-0.2, 0) is 0 Å². The van der Waals surface area contributed by atoms with Gasteiger partial charge in [-0.15, -0.1) is 0 Å². The molecule has 0 saturated heterocycles. The van der Waals surface area contributed by atoms with Crippen LogP contribution in [0.4, 0.5) is 11.4 Å². The van der Waals surface area contributed by atoms with Crippen molar-refractivity contribution in [3.63, 3.8) is 0 Å². The molecule has 0 atom stereocenters. The molecule has 4 nitrogen and oxygen atoms in total. The maximum atomic E-state index is 12.3. The Kier molecular flexibility index (Phi) is 4.37. The first-order chi connectivity index (χ1) is 10.7. The van der Waals surface area contributed by atoms with Crippen LogP contribution >= 0.6 is 0 Å². The number of aryl methyl sites for hydroxylation is 1. The van der Waals surface area contributed by atoms with E-state index in [1.54, 1.807) is 12.4 Å². The molecule has 4 heteroatoms. The van der Waals surface area contributed by atoms with Crippen molar-refractivity contribution in [2.24, 2.45) is 0 Å². The summed E-state index contributed by atoms with van der Waals surface area (Å²) in [5.74, 6) is -0.0352. The van der Waals surface area contributed by atoms with Crippen molar-refractivity contribution in [3.8, 4) is 0 Å². The quantitative estimate of drug-likeness (QED) is 0.902. The van der Waals surface area contributed by atoms with Gasteiger partial charge in [0.05, 0.1) is 17.4 Å². The summed E-state index contributed by atoms with van der Waals surface area (Å²) < 4.78 is 0. The van der Waals surface area contributed by atoms with E-state index in [2.05, 4.69) is 22.5 Å². The van der Waals surface area contributed by atoms with E-state index < -0.39 is 0 Å². The van der Waals surface area contributed by atoms with Gasteiger partial charge in [0, 0.05) is 17.9 Å². The van der Waals surface area contributed by atoms with Crippen LogP contribution in [0.15, 0.2) is 42.7 Å². The van der Waals surface area contributed by atoms with Crippen molar-refractivity contribution in [1.82, 2.24) is 10.3 Å². The number of hydrogen-bond acceptors (Lipinski definition) is 3. The van der Waals surface area contributed by atoms with Crippen molar-refractivity contribution >= 4 is 17.3 Å². The number of benzene rings is 1. The number of rotatable bonds is 4. The summed E-state index contributed by atoms with van der Waals surface area (Å²) in [5.41, 5.74) is 3.63. The van der Waals surface area contributed by atoms with E-state index in [1.165, 1.54) is 18.4 Å². The highest BCUT2D eigenvalue weighted by Crippen LogP contribution is 2.20. The minimum absolute atomic E-state index is 0.0352. The van der Waals surface area contributed by atoms with Crippen molar-refractivity contribution in [2.75, 3.05) is 5.32 Å². The number of pyridine rings is 1. The van der Waals surface area contributed by atoms with E-state index in [4.69, 9.17) is 0 Å². The molecule has 1 fully saturated rings. The third kappa shape index (κ3) is 3.64. The van der Waals surface area contributed by atoms with Gasteiger partial charge in [-0.3, -0.25) is 9.78 Å². The molecular formula is C18H21N3O. The number of hydrogen-bond donors (Lipinski definition) is 2. The lowest BCUT2D eigenvalue weighted by atomic mass is 10.2. The van der Waals surface area contributed by atoms with E-state index >= 15 is 0 Å². The fourth-order valence-corrected chi connectivity index (χ4v) is 2.77. The third-order valence-corrected chi connectivity index (χ3v) is 4.03. The van der Waals surface area contributed by atoms with Gasteiger partial charge in [-0.05, 0) is 38.0 Å². The van der Waals surface area contributed by atoms with Crippen molar-refractivity contribution in [2.45, 2.75) is 38.6 Å². The van der Waals surface area contributed by atoms with Gasteiger partial charge in [-0.2, -0.15) is 0 Å². The molecule has 2 aromatic rings. The Morgan fingerprint density at radius 3 is 2.55 bits per heavy atom. The number of aromatic nitrogens is 1. The van der Waals surface area contributed by atoms with Gasteiger partial charge in [0.15, 0.2) is 0 Å². The van der Waals surface area contributed by atoms with Gasteiger partial charge in [0.25, 0.3) is 5.91 Å². The van der Waals surface area contributed by atoms with Crippen LogP contribution in [0, 0.1) is 6.92 Å². The van der Waals surface area contributed by atoms with Crippen molar-refractivity contribution < 1.29 is 4.79 Å². The molecule has 2 N–H and O–H groups in total. The lowest BCUT2D eigenvalue weighted by Gasteiger charge is -2.12. The van der Waals surface area contributed by atoms with Crippen LogP contribution in [0.2, 0.25) is 0 Å². The van der Waals surface area contributed by atoms with Gasteiger partial charge < -0.3 is 10.6 Å². The third-order valence-electron chi connectivity index (χ3n) is 4.03. The second-order valence-electron chi connectivity index (χ2n) is 5.91. The normalized spacial score (nSPS) is 14.8. The molecular weight excluding hydrogens is 274 g/mol. The van der Waals surface area contributed by atoms with Crippen LogP contribution in [0.25, 0.3) is 0 Å². The summed E-state index contributed by atoms with van der Waals surface area (Å²) in [6, 6.07) is 10.3. The van der Waals surface area contributed by atoms with E-state index in [-0.39, 0.29) is 5.91 Å². The second-order valence-corrected chi connectivity index (χ2v) is 5.91. The van der Waals surface area contributed by atoms with Crippen LogP contribution in [0.1, 0.15) is 41.6 Å². The molecule has 0 aliphatic heterocycles. The average molecular weight is 295 g/mol. The second kappa shape index (κ2) is 6.60. The fourth-order valence-electron chi connectivity index (χ4n) is 2.77. The van der Waals surface area contributed by atoms with E-state index in [0.29, 0.717) is 11.6 Å². The maximum absolute atomic E-state index is 12.3. The molecule has 1 saturated carbocycles. The Morgan fingerprint density at radius 2 is 1.82 bits per heavy atom. The van der Waals surface area contributed by atoms with E-state index in [1.807, 2.05) is 30.3 Å². The van der Waals surface area contributed by atoms with Gasteiger partial charge in [0.2, 0.25) is 0 Å². The molecule has 114 valence electrons. The molecule has 1 aliphatic carbocycles. The predicted octanol–water partition coefficient (Wildman–Crippen LogP) is 3.81. The number of nitrogens with zero attached hydrogens (tertiary/aromatic N) is 1. The summed E-state index contributed by atoms with van der Waals surface area (Å²) in [6.07, 6.45) is 7.92. The standard InChI is InChI=1S/C18H21N3O/c1-13-6-8-16(9-7-13)20-17-10-14(11-19-12-17)18(22)21-15-4-2-3-5-15/h6-12,15,20H,2-5H2,1H3,(H,21,22). The number of nitrogens with one attached hydrogen (secondary N) is 2. The summed E-state index contributed by atoms with van der Waals surface area (Å²) in [7, 11) is 0. The molecule has 1 heterocycles. The zero-order valence-corrected chi connectivity index (χ0v) is 12.8. The van der Waals surface area contributed by atoms with Gasteiger partial charge in [-0.1, -0.05) is 30.5 Å². The van der Waals surface area contributed by atoms with Crippen LogP contribution < -0.4 is 10.6 Å². The predicted molar refractivity (Wildman–Crippen MR) is 88.4 cm³/mol. The first-order valence-electron chi connectivity index (χ1n) is 7.80. The largest absolute Gasteiger partial charge is 0.354 e. The summed E-state index contributed by atoms with van der Waals surface area (Å²) in [6.45, 7) is 2.05. The molecule has 1 aromatic carbocycles. The maximum Gasteiger partial charge on any atom is 0.253 e. The number of anilines is 2. The summed E-state index contributed by atoms with van der Waals surface area (Å²) in [5, 5.41) is 6.36. The molecule has 3 rings (SSSR count). The molecule has 22 heavy (non-hydrogen) atoms. The zero-order valence-electron chi connectivity index (χ0n) is 12.8. The summed E-state index contributed by atoms with van der Waals surface area (Å²) >= 11 is 0. The van der Waals surface area contributed by atoms with E-state index in [0.717, 1.165) is 24.2 Å². The molecule has 0 unspecified atom stereocenters. The Hall–Kier alpha value is -2.36.